The molecule has 7 nitrogen and oxygen atoms in total. The number of carbonyl (C=O) groups excluding carboxylic acids is 2. The molecule has 2 amide bonds. The first-order chi connectivity index (χ1) is 14.5. The van der Waals surface area contributed by atoms with Crippen molar-refractivity contribution < 1.29 is 19.1 Å². The van der Waals surface area contributed by atoms with Crippen molar-refractivity contribution in [3.05, 3.63) is 48.0 Å². The largest absolute Gasteiger partial charge is 0.486 e. The van der Waals surface area contributed by atoms with Gasteiger partial charge in [0.2, 0.25) is 11.8 Å². The molecule has 0 radical (unpaired) electrons. The van der Waals surface area contributed by atoms with E-state index in [2.05, 4.69) is 24.5 Å². The summed E-state index contributed by atoms with van der Waals surface area (Å²) in [4.78, 5) is 26.8. The second-order valence-corrected chi connectivity index (χ2v) is 7.50. The second-order valence-electron chi connectivity index (χ2n) is 7.50. The van der Waals surface area contributed by atoms with Gasteiger partial charge in [-0.05, 0) is 36.2 Å². The second kappa shape index (κ2) is 10.1. The Morgan fingerprint density at radius 2 is 1.63 bits per heavy atom. The molecule has 0 spiro atoms. The average Bonchev–Trinajstić information content (AvgIpc) is 2.73. The number of fused-ring (bicyclic) bond motifs is 1. The first-order valence-electron chi connectivity index (χ1n) is 10.3. The maximum atomic E-state index is 12.5. The number of para-hydroxylation sites is 1. The Kier molecular flexibility index (Phi) is 7.30. The first-order valence-corrected chi connectivity index (χ1v) is 10.3. The van der Waals surface area contributed by atoms with Gasteiger partial charge in [0.25, 0.3) is 0 Å². The fraction of sp³-hybridized carbons (Fsp3) is 0.391. The number of benzene rings is 2. The highest BCUT2D eigenvalue weighted by molar-refractivity contribution is 5.95. The molecule has 2 N–H and O–H groups in total. The topological polar surface area (TPSA) is 79.9 Å². The molecule has 3 rings (SSSR count). The summed E-state index contributed by atoms with van der Waals surface area (Å²) >= 11 is 0. The van der Waals surface area contributed by atoms with E-state index in [0.29, 0.717) is 42.9 Å². The molecule has 1 heterocycles. The van der Waals surface area contributed by atoms with Gasteiger partial charge in [-0.15, -0.1) is 0 Å². The third kappa shape index (κ3) is 5.73. The zero-order valence-corrected chi connectivity index (χ0v) is 17.7. The SMILES string of the molecule is CCN(CC(=O)Nc1ccc2c(c1)OCCO2)CC(=O)Nc1ccccc1C(C)C. The van der Waals surface area contributed by atoms with Crippen molar-refractivity contribution in [2.75, 3.05) is 43.5 Å². The number of amides is 2. The molecule has 0 aliphatic carbocycles. The Balaban J connectivity index is 1.55. The number of nitrogens with zero attached hydrogens (tertiary/aromatic N) is 1. The number of ether oxygens (including phenoxy) is 2. The van der Waals surface area contributed by atoms with Crippen LogP contribution < -0.4 is 20.1 Å². The van der Waals surface area contributed by atoms with Gasteiger partial charge in [0.15, 0.2) is 11.5 Å². The minimum absolute atomic E-state index is 0.115. The molecule has 160 valence electrons. The molecule has 0 unspecified atom stereocenters. The number of carbonyl (C=O) groups is 2. The number of anilines is 2. The van der Waals surface area contributed by atoms with Crippen LogP contribution in [0.5, 0.6) is 11.5 Å². The van der Waals surface area contributed by atoms with Crippen LogP contribution >= 0.6 is 0 Å². The molecule has 7 heteroatoms. The van der Waals surface area contributed by atoms with Crippen molar-refractivity contribution in [1.82, 2.24) is 4.90 Å². The van der Waals surface area contributed by atoms with E-state index in [4.69, 9.17) is 9.47 Å². The highest BCUT2D eigenvalue weighted by Crippen LogP contribution is 2.32. The van der Waals surface area contributed by atoms with Gasteiger partial charge < -0.3 is 20.1 Å². The average molecular weight is 412 g/mol. The third-order valence-electron chi connectivity index (χ3n) is 4.86. The third-order valence-corrected chi connectivity index (χ3v) is 4.86. The summed E-state index contributed by atoms with van der Waals surface area (Å²) in [5.74, 6) is 1.27. The molecular formula is C23H29N3O4. The van der Waals surface area contributed by atoms with Crippen molar-refractivity contribution in [2.45, 2.75) is 26.7 Å². The quantitative estimate of drug-likeness (QED) is 0.695. The summed E-state index contributed by atoms with van der Waals surface area (Å²) in [6, 6.07) is 13.1. The van der Waals surface area contributed by atoms with Gasteiger partial charge in [0.1, 0.15) is 13.2 Å². The predicted molar refractivity (Wildman–Crippen MR) is 117 cm³/mol. The lowest BCUT2D eigenvalue weighted by Crippen LogP contribution is -2.38. The summed E-state index contributed by atoms with van der Waals surface area (Å²) in [5.41, 5.74) is 2.54. The first kappa shape index (κ1) is 21.6. The van der Waals surface area contributed by atoms with Gasteiger partial charge >= 0.3 is 0 Å². The maximum absolute atomic E-state index is 12.5. The number of rotatable bonds is 8. The monoisotopic (exact) mass is 411 g/mol. The highest BCUT2D eigenvalue weighted by Gasteiger charge is 2.17. The van der Waals surface area contributed by atoms with Gasteiger partial charge in [-0.2, -0.15) is 0 Å². The van der Waals surface area contributed by atoms with E-state index >= 15 is 0 Å². The summed E-state index contributed by atoms with van der Waals surface area (Å²) in [6.45, 7) is 7.94. The molecule has 0 saturated carbocycles. The molecule has 1 aliphatic rings. The van der Waals surface area contributed by atoms with Crippen molar-refractivity contribution in [1.29, 1.82) is 0 Å². The van der Waals surface area contributed by atoms with E-state index in [1.165, 1.54) is 0 Å². The lowest BCUT2D eigenvalue weighted by atomic mass is 10.0. The van der Waals surface area contributed by atoms with Crippen LogP contribution in [0.2, 0.25) is 0 Å². The van der Waals surface area contributed by atoms with Gasteiger partial charge in [-0.1, -0.05) is 39.0 Å². The Morgan fingerprint density at radius 1 is 0.967 bits per heavy atom. The molecule has 0 saturated heterocycles. The fourth-order valence-corrected chi connectivity index (χ4v) is 3.31. The van der Waals surface area contributed by atoms with E-state index in [1.807, 2.05) is 31.2 Å². The smallest absolute Gasteiger partial charge is 0.238 e. The van der Waals surface area contributed by atoms with Crippen LogP contribution in [0.25, 0.3) is 0 Å². The molecule has 0 aromatic heterocycles. The maximum Gasteiger partial charge on any atom is 0.238 e. The van der Waals surface area contributed by atoms with E-state index in [1.54, 1.807) is 23.1 Å². The van der Waals surface area contributed by atoms with Crippen molar-refractivity contribution in [3.8, 4) is 11.5 Å². The number of nitrogens with one attached hydrogen (secondary N) is 2. The lowest BCUT2D eigenvalue weighted by molar-refractivity contribution is -0.119. The highest BCUT2D eigenvalue weighted by atomic mass is 16.6. The van der Waals surface area contributed by atoms with Crippen LogP contribution in [0.4, 0.5) is 11.4 Å². The summed E-state index contributed by atoms with van der Waals surface area (Å²) in [5, 5.41) is 5.83. The van der Waals surface area contributed by atoms with Gasteiger partial charge in [0.05, 0.1) is 13.1 Å². The van der Waals surface area contributed by atoms with E-state index < -0.39 is 0 Å². The number of likely N-dealkylation sites (N-methyl/N-ethyl adjacent to an activating group) is 1. The minimum Gasteiger partial charge on any atom is -0.486 e. The Morgan fingerprint density at radius 3 is 2.33 bits per heavy atom. The van der Waals surface area contributed by atoms with E-state index in [9.17, 15) is 9.59 Å². The standard InChI is InChI=1S/C23H29N3O4/c1-4-26(15-23(28)25-19-8-6-5-7-18(19)16(2)3)14-22(27)24-17-9-10-20-21(13-17)30-12-11-29-20/h5-10,13,16H,4,11-12,14-15H2,1-3H3,(H,24,27)(H,25,28). The predicted octanol–water partition coefficient (Wildman–Crippen LogP) is 3.48. The van der Waals surface area contributed by atoms with Crippen LogP contribution in [-0.2, 0) is 9.59 Å². The zero-order valence-electron chi connectivity index (χ0n) is 17.7. The zero-order chi connectivity index (χ0) is 21.5. The Bertz CT molecular complexity index is 898. The van der Waals surface area contributed by atoms with Crippen LogP contribution in [0.15, 0.2) is 42.5 Å². The summed E-state index contributed by atoms with van der Waals surface area (Å²) in [6.07, 6.45) is 0. The molecular weight excluding hydrogens is 382 g/mol. The number of hydrogen-bond donors (Lipinski definition) is 2. The molecule has 0 fully saturated rings. The van der Waals surface area contributed by atoms with Crippen LogP contribution in [0.1, 0.15) is 32.3 Å². The van der Waals surface area contributed by atoms with E-state index in [-0.39, 0.29) is 24.9 Å². The summed E-state index contributed by atoms with van der Waals surface area (Å²) < 4.78 is 11.0. The molecule has 1 aliphatic heterocycles. The minimum atomic E-state index is -0.191. The van der Waals surface area contributed by atoms with Crippen LogP contribution in [0.3, 0.4) is 0 Å². The van der Waals surface area contributed by atoms with Crippen molar-refractivity contribution in [3.63, 3.8) is 0 Å². The molecule has 0 bridgehead atoms. The molecule has 2 aromatic rings. The van der Waals surface area contributed by atoms with Crippen molar-refractivity contribution >= 4 is 23.2 Å². The Hall–Kier alpha value is -3.06. The molecule has 30 heavy (non-hydrogen) atoms. The normalized spacial score (nSPS) is 12.7. The van der Waals surface area contributed by atoms with Gasteiger partial charge in [-0.25, -0.2) is 0 Å². The molecule has 2 aromatic carbocycles. The van der Waals surface area contributed by atoms with Crippen LogP contribution in [0, 0.1) is 0 Å². The van der Waals surface area contributed by atoms with Crippen molar-refractivity contribution in [2.24, 2.45) is 0 Å². The van der Waals surface area contributed by atoms with E-state index in [0.717, 1.165) is 11.3 Å². The van der Waals surface area contributed by atoms with Crippen LogP contribution in [-0.4, -0.2) is 49.6 Å². The Labute approximate surface area is 177 Å². The lowest BCUT2D eigenvalue weighted by Gasteiger charge is -2.21. The summed E-state index contributed by atoms with van der Waals surface area (Å²) in [7, 11) is 0. The fourth-order valence-electron chi connectivity index (χ4n) is 3.31. The van der Waals surface area contributed by atoms with Gasteiger partial charge in [-0.3, -0.25) is 14.5 Å². The molecule has 0 atom stereocenters. The number of hydrogen-bond acceptors (Lipinski definition) is 5. The van der Waals surface area contributed by atoms with Gasteiger partial charge in [0, 0.05) is 17.4 Å².